The summed E-state index contributed by atoms with van der Waals surface area (Å²) in [4.78, 5) is 21.7. The maximum Gasteiger partial charge on any atom is 0.252 e. The Labute approximate surface area is 188 Å². The van der Waals surface area contributed by atoms with E-state index in [1.165, 1.54) is 0 Å². The monoisotopic (exact) mass is 435 g/mol. The van der Waals surface area contributed by atoms with E-state index >= 15 is 0 Å². The van der Waals surface area contributed by atoms with Crippen molar-refractivity contribution in [3.8, 4) is 17.4 Å². The molecule has 0 radical (unpaired) electrons. The van der Waals surface area contributed by atoms with Crippen molar-refractivity contribution in [3.63, 3.8) is 0 Å². The predicted octanol–water partition coefficient (Wildman–Crippen LogP) is 4.25. The summed E-state index contributed by atoms with van der Waals surface area (Å²) >= 11 is 0. The van der Waals surface area contributed by atoms with Crippen LogP contribution in [0.2, 0.25) is 0 Å². The number of anilines is 1. The SMILES string of the molecule is CCCCOc1ccc(C2CC(=O)Nc3c2c(C)nn3-c2nc(C)cc(C)n2)cc1OC. The van der Waals surface area contributed by atoms with Gasteiger partial charge in [-0.1, -0.05) is 19.4 Å². The fourth-order valence-electron chi connectivity index (χ4n) is 4.13. The first-order valence-corrected chi connectivity index (χ1v) is 10.9. The summed E-state index contributed by atoms with van der Waals surface area (Å²) in [6.07, 6.45) is 2.37. The average molecular weight is 436 g/mol. The van der Waals surface area contributed by atoms with Crippen LogP contribution in [0.1, 0.15) is 60.3 Å². The fourth-order valence-corrected chi connectivity index (χ4v) is 4.13. The lowest BCUT2D eigenvalue weighted by molar-refractivity contribution is -0.116. The number of nitrogens with one attached hydrogen (secondary N) is 1. The highest BCUT2D eigenvalue weighted by atomic mass is 16.5. The van der Waals surface area contributed by atoms with Gasteiger partial charge in [-0.25, -0.2) is 9.97 Å². The summed E-state index contributed by atoms with van der Waals surface area (Å²) in [5.41, 5.74) is 4.46. The van der Waals surface area contributed by atoms with E-state index in [9.17, 15) is 4.79 Å². The standard InChI is InChI=1S/C24H29N5O3/c1-6-7-10-32-19-9-8-17(12-20(19)31-5)18-13-21(30)27-23-22(18)16(4)28-29(23)24-25-14(2)11-15(3)26-24/h8-9,11-12,18H,6-7,10,13H2,1-5H3,(H,27,30). The highest BCUT2D eigenvalue weighted by Gasteiger charge is 2.33. The van der Waals surface area contributed by atoms with Crippen LogP contribution in [0, 0.1) is 20.8 Å². The van der Waals surface area contributed by atoms with Crippen molar-refractivity contribution < 1.29 is 14.3 Å². The molecule has 0 bridgehead atoms. The van der Waals surface area contributed by atoms with Crippen LogP contribution >= 0.6 is 0 Å². The third-order valence-electron chi connectivity index (χ3n) is 5.61. The Balaban J connectivity index is 1.76. The van der Waals surface area contributed by atoms with E-state index in [0.717, 1.165) is 41.1 Å². The molecule has 1 atom stereocenters. The first-order chi connectivity index (χ1) is 15.4. The molecule has 1 aliphatic rings. The molecule has 2 aromatic heterocycles. The second-order valence-electron chi connectivity index (χ2n) is 8.13. The van der Waals surface area contributed by atoms with E-state index in [1.54, 1.807) is 11.8 Å². The zero-order chi connectivity index (χ0) is 22.8. The molecule has 0 spiro atoms. The van der Waals surface area contributed by atoms with Gasteiger partial charge in [-0.15, -0.1) is 0 Å². The Morgan fingerprint density at radius 2 is 1.88 bits per heavy atom. The summed E-state index contributed by atoms with van der Waals surface area (Å²) < 4.78 is 13.1. The van der Waals surface area contributed by atoms with Crippen LogP contribution in [0.25, 0.3) is 5.95 Å². The number of carbonyl (C=O) groups excluding carboxylic acids is 1. The van der Waals surface area contributed by atoms with Crippen molar-refractivity contribution in [2.45, 2.75) is 52.9 Å². The average Bonchev–Trinajstić information content (AvgIpc) is 3.09. The number of amides is 1. The van der Waals surface area contributed by atoms with Crippen molar-refractivity contribution in [3.05, 3.63) is 52.5 Å². The van der Waals surface area contributed by atoms with E-state index < -0.39 is 0 Å². The molecule has 1 amide bonds. The summed E-state index contributed by atoms with van der Waals surface area (Å²) in [6, 6.07) is 7.78. The second-order valence-corrected chi connectivity index (χ2v) is 8.13. The number of aromatic nitrogens is 4. The molecule has 4 rings (SSSR count). The van der Waals surface area contributed by atoms with Crippen molar-refractivity contribution in [2.24, 2.45) is 0 Å². The Hall–Kier alpha value is -3.42. The van der Waals surface area contributed by atoms with E-state index in [1.807, 2.05) is 45.0 Å². The third kappa shape index (κ3) is 4.17. The minimum absolute atomic E-state index is 0.0738. The fraction of sp³-hybridized carbons (Fsp3) is 0.417. The van der Waals surface area contributed by atoms with Gasteiger partial charge in [0, 0.05) is 29.3 Å². The van der Waals surface area contributed by atoms with Gasteiger partial charge in [0.15, 0.2) is 11.5 Å². The molecule has 0 saturated carbocycles. The topological polar surface area (TPSA) is 91.2 Å². The Morgan fingerprint density at radius 3 is 2.56 bits per heavy atom. The Bertz CT molecular complexity index is 1130. The number of nitrogens with zero attached hydrogens (tertiary/aromatic N) is 4. The molecule has 8 heteroatoms. The van der Waals surface area contributed by atoms with Crippen molar-refractivity contribution in [1.29, 1.82) is 0 Å². The number of hydrogen-bond acceptors (Lipinski definition) is 6. The first-order valence-electron chi connectivity index (χ1n) is 10.9. The van der Waals surface area contributed by atoms with Crippen LogP contribution in [0.15, 0.2) is 24.3 Å². The zero-order valence-corrected chi connectivity index (χ0v) is 19.2. The quantitative estimate of drug-likeness (QED) is 0.558. The van der Waals surface area contributed by atoms with E-state index in [4.69, 9.17) is 9.47 Å². The minimum Gasteiger partial charge on any atom is -0.493 e. The maximum absolute atomic E-state index is 12.7. The van der Waals surface area contributed by atoms with Crippen LogP contribution in [0.3, 0.4) is 0 Å². The van der Waals surface area contributed by atoms with E-state index in [2.05, 4.69) is 27.3 Å². The molecule has 0 saturated heterocycles. The van der Waals surface area contributed by atoms with Gasteiger partial charge >= 0.3 is 0 Å². The van der Waals surface area contributed by atoms with Gasteiger partial charge < -0.3 is 14.8 Å². The van der Waals surface area contributed by atoms with Crippen LogP contribution in [-0.4, -0.2) is 39.4 Å². The van der Waals surface area contributed by atoms with Crippen molar-refractivity contribution in [2.75, 3.05) is 19.0 Å². The molecule has 1 aliphatic heterocycles. The lowest BCUT2D eigenvalue weighted by Crippen LogP contribution is -2.25. The molecule has 0 aliphatic carbocycles. The van der Waals surface area contributed by atoms with Crippen molar-refractivity contribution >= 4 is 11.7 Å². The molecule has 1 N–H and O–H groups in total. The predicted molar refractivity (Wildman–Crippen MR) is 122 cm³/mol. The molecule has 32 heavy (non-hydrogen) atoms. The minimum atomic E-state index is -0.156. The summed E-state index contributed by atoms with van der Waals surface area (Å²) in [7, 11) is 1.63. The zero-order valence-electron chi connectivity index (χ0n) is 19.2. The second kappa shape index (κ2) is 8.98. The van der Waals surface area contributed by atoms with Gasteiger partial charge in [-0.05, 0) is 51.0 Å². The number of carbonyl (C=O) groups is 1. The third-order valence-corrected chi connectivity index (χ3v) is 5.61. The molecule has 8 nitrogen and oxygen atoms in total. The molecule has 1 aromatic carbocycles. The van der Waals surface area contributed by atoms with Gasteiger partial charge in [0.05, 0.1) is 19.4 Å². The molecule has 3 aromatic rings. The summed E-state index contributed by atoms with van der Waals surface area (Å²) in [6.45, 7) is 8.55. The highest BCUT2D eigenvalue weighted by molar-refractivity contribution is 5.95. The first kappa shape index (κ1) is 21.8. The number of ether oxygens (including phenoxy) is 2. The number of unbranched alkanes of at least 4 members (excludes halogenated alkanes) is 1. The molecule has 3 heterocycles. The lowest BCUT2D eigenvalue weighted by Gasteiger charge is -2.25. The normalized spacial score (nSPS) is 15.3. The number of aryl methyl sites for hydroxylation is 3. The maximum atomic E-state index is 12.7. The van der Waals surface area contributed by atoms with Crippen LogP contribution in [0.5, 0.6) is 11.5 Å². The number of fused-ring (bicyclic) bond motifs is 1. The molecular formula is C24H29N5O3. The number of methoxy groups -OCH3 is 1. The van der Waals surface area contributed by atoms with Crippen LogP contribution in [-0.2, 0) is 4.79 Å². The number of benzene rings is 1. The lowest BCUT2D eigenvalue weighted by atomic mass is 9.85. The Morgan fingerprint density at radius 1 is 1.12 bits per heavy atom. The summed E-state index contributed by atoms with van der Waals surface area (Å²) in [5.74, 6) is 2.21. The van der Waals surface area contributed by atoms with Gasteiger partial charge in [0.2, 0.25) is 5.91 Å². The summed E-state index contributed by atoms with van der Waals surface area (Å²) in [5, 5.41) is 7.67. The molecule has 0 fully saturated rings. The van der Waals surface area contributed by atoms with Crippen molar-refractivity contribution in [1.82, 2.24) is 19.7 Å². The number of rotatable bonds is 7. The van der Waals surface area contributed by atoms with Gasteiger partial charge in [-0.2, -0.15) is 9.78 Å². The van der Waals surface area contributed by atoms with E-state index in [-0.39, 0.29) is 11.8 Å². The molecular weight excluding hydrogens is 406 g/mol. The van der Waals surface area contributed by atoms with Crippen LogP contribution < -0.4 is 14.8 Å². The van der Waals surface area contributed by atoms with Gasteiger partial charge in [0.1, 0.15) is 5.82 Å². The van der Waals surface area contributed by atoms with Gasteiger partial charge in [0.25, 0.3) is 5.95 Å². The smallest absolute Gasteiger partial charge is 0.252 e. The largest absolute Gasteiger partial charge is 0.493 e. The Kier molecular flexibility index (Phi) is 6.12. The number of hydrogen-bond donors (Lipinski definition) is 1. The van der Waals surface area contributed by atoms with Gasteiger partial charge in [-0.3, -0.25) is 4.79 Å². The molecule has 1 unspecified atom stereocenters. The molecule has 168 valence electrons. The highest BCUT2D eigenvalue weighted by Crippen LogP contribution is 2.42. The van der Waals surface area contributed by atoms with E-state index in [0.29, 0.717) is 36.3 Å². The van der Waals surface area contributed by atoms with Crippen LogP contribution in [0.4, 0.5) is 5.82 Å².